The molecule has 4 aromatic rings. The number of aromatic nitrogens is 3. The van der Waals surface area contributed by atoms with Gasteiger partial charge in [0.25, 0.3) is 5.91 Å². The summed E-state index contributed by atoms with van der Waals surface area (Å²) in [4.78, 5) is 16.0. The first-order valence-corrected chi connectivity index (χ1v) is 9.08. The Labute approximate surface area is 168 Å². The van der Waals surface area contributed by atoms with Crippen LogP contribution in [0.5, 0.6) is 5.88 Å². The highest BCUT2D eigenvalue weighted by atomic mass is 19.4. The zero-order valence-electron chi connectivity index (χ0n) is 15.8. The fourth-order valence-corrected chi connectivity index (χ4v) is 3.41. The van der Waals surface area contributed by atoms with Gasteiger partial charge in [0, 0.05) is 11.9 Å². The fraction of sp³-hybridized carbons (Fsp3) is 0.200. The molecule has 2 heterocycles. The van der Waals surface area contributed by atoms with E-state index in [-0.39, 0.29) is 22.6 Å². The van der Waals surface area contributed by atoms with E-state index in [1.165, 1.54) is 12.1 Å². The first-order valence-electron chi connectivity index (χ1n) is 9.08. The average Bonchev–Trinajstić information content (AvgIpc) is 3.21. The van der Waals surface area contributed by atoms with Crippen molar-refractivity contribution >= 4 is 33.5 Å². The summed E-state index contributed by atoms with van der Waals surface area (Å²) >= 11 is 0. The van der Waals surface area contributed by atoms with Crippen LogP contribution in [0.4, 0.5) is 18.9 Å². The van der Waals surface area contributed by atoms with Gasteiger partial charge in [-0.2, -0.15) is 13.2 Å². The standard InChI is InChI=1S/C20H16F3N5O2/c1-2-27-14-9-5-3-7-12(14)17(18(27)30)26-25-16(29)11-28-15-10-6-4-8-13(15)24-19(28)20(21,22)23/h3-10,30H,2,11H2,1H3. The lowest BCUT2D eigenvalue weighted by Crippen LogP contribution is -2.18. The van der Waals surface area contributed by atoms with Crippen molar-refractivity contribution in [1.29, 1.82) is 0 Å². The Morgan fingerprint density at radius 1 is 1.07 bits per heavy atom. The number of amides is 1. The van der Waals surface area contributed by atoms with Crippen molar-refractivity contribution in [1.82, 2.24) is 14.1 Å². The molecule has 0 spiro atoms. The van der Waals surface area contributed by atoms with E-state index in [1.807, 2.05) is 6.92 Å². The Bertz CT molecular complexity index is 1290. The van der Waals surface area contributed by atoms with E-state index in [4.69, 9.17) is 0 Å². The number of hydrogen-bond donors (Lipinski definition) is 1. The zero-order valence-corrected chi connectivity index (χ0v) is 15.8. The van der Waals surface area contributed by atoms with E-state index >= 15 is 0 Å². The molecular weight excluding hydrogens is 399 g/mol. The Hall–Kier alpha value is -3.69. The van der Waals surface area contributed by atoms with Crippen LogP contribution in [0.2, 0.25) is 0 Å². The molecule has 0 saturated heterocycles. The Kier molecular flexibility index (Phi) is 4.76. The number of benzene rings is 2. The van der Waals surface area contributed by atoms with Crippen LogP contribution in [0, 0.1) is 0 Å². The summed E-state index contributed by atoms with van der Waals surface area (Å²) in [5.41, 5.74) is 1.09. The van der Waals surface area contributed by atoms with Crippen molar-refractivity contribution in [2.75, 3.05) is 0 Å². The molecule has 154 valence electrons. The molecule has 30 heavy (non-hydrogen) atoms. The van der Waals surface area contributed by atoms with Crippen LogP contribution in [0.1, 0.15) is 12.7 Å². The highest BCUT2D eigenvalue weighted by molar-refractivity contribution is 5.95. The molecule has 10 heteroatoms. The summed E-state index contributed by atoms with van der Waals surface area (Å²) in [6, 6.07) is 13.0. The number of hydrogen-bond acceptors (Lipinski definition) is 4. The number of halogens is 3. The third-order valence-corrected chi connectivity index (χ3v) is 4.70. The van der Waals surface area contributed by atoms with Gasteiger partial charge in [-0.15, -0.1) is 10.2 Å². The maximum absolute atomic E-state index is 13.4. The van der Waals surface area contributed by atoms with E-state index in [1.54, 1.807) is 41.0 Å². The van der Waals surface area contributed by atoms with Crippen LogP contribution in [0.15, 0.2) is 58.8 Å². The molecule has 1 N–H and O–H groups in total. The van der Waals surface area contributed by atoms with Crippen LogP contribution >= 0.6 is 0 Å². The number of rotatable bonds is 4. The van der Waals surface area contributed by atoms with Gasteiger partial charge in [0.1, 0.15) is 6.54 Å². The molecule has 0 atom stereocenters. The number of fused-ring (bicyclic) bond motifs is 2. The molecule has 7 nitrogen and oxygen atoms in total. The second kappa shape index (κ2) is 7.29. The van der Waals surface area contributed by atoms with E-state index in [9.17, 15) is 23.1 Å². The summed E-state index contributed by atoms with van der Waals surface area (Å²) in [5.74, 6) is -2.26. The summed E-state index contributed by atoms with van der Waals surface area (Å²) in [5, 5.41) is 18.4. The lowest BCUT2D eigenvalue weighted by molar-refractivity contribution is -0.147. The first-order chi connectivity index (χ1) is 14.3. The topological polar surface area (TPSA) is 84.8 Å². The van der Waals surface area contributed by atoms with Gasteiger partial charge in [-0.05, 0) is 25.1 Å². The predicted octanol–water partition coefficient (Wildman–Crippen LogP) is 5.05. The van der Waals surface area contributed by atoms with Crippen molar-refractivity contribution in [2.45, 2.75) is 26.2 Å². The molecule has 0 aliphatic heterocycles. The predicted molar refractivity (Wildman–Crippen MR) is 104 cm³/mol. The van der Waals surface area contributed by atoms with E-state index in [2.05, 4.69) is 15.2 Å². The highest BCUT2D eigenvalue weighted by Gasteiger charge is 2.38. The number of imidazole rings is 1. The monoisotopic (exact) mass is 415 g/mol. The molecule has 4 rings (SSSR count). The number of alkyl halides is 3. The molecular formula is C20H16F3N5O2. The minimum atomic E-state index is -4.73. The van der Waals surface area contributed by atoms with Gasteiger partial charge in [0.05, 0.1) is 16.6 Å². The van der Waals surface area contributed by atoms with Crippen LogP contribution < -0.4 is 0 Å². The van der Waals surface area contributed by atoms with Gasteiger partial charge in [-0.25, -0.2) is 4.98 Å². The van der Waals surface area contributed by atoms with Crippen LogP contribution in [-0.2, 0) is 24.1 Å². The molecule has 0 bridgehead atoms. The number of para-hydroxylation sites is 3. The number of carbonyl (C=O) groups excluding carboxylic acids is 1. The molecule has 0 unspecified atom stereocenters. The summed E-state index contributed by atoms with van der Waals surface area (Å²) in [7, 11) is 0. The first kappa shape index (κ1) is 19.6. The van der Waals surface area contributed by atoms with E-state index in [0.29, 0.717) is 17.4 Å². The zero-order chi connectivity index (χ0) is 21.5. The minimum absolute atomic E-state index is 0.0901. The molecule has 0 saturated carbocycles. The second-order valence-electron chi connectivity index (χ2n) is 6.54. The quantitative estimate of drug-likeness (QED) is 0.474. The number of aryl methyl sites for hydroxylation is 1. The van der Waals surface area contributed by atoms with Crippen molar-refractivity contribution in [3.8, 4) is 5.88 Å². The van der Waals surface area contributed by atoms with Crippen molar-refractivity contribution in [3.05, 3.63) is 54.4 Å². The maximum atomic E-state index is 13.4. The molecule has 0 aliphatic rings. The molecule has 0 aliphatic carbocycles. The van der Waals surface area contributed by atoms with Gasteiger partial charge in [0.2, 0.25) is 11.7 Å². The lowest BCUT2D eigenvalue weighted by Gasteiger charge is -2.09. The van der Waals surface area contributed by atoms with Crippen molar-refractivity contribution < 1.29 is 23.1 Å². The van der Waals surface area contributed by atoms with Gasteiger partial charge in [-0.1, -0.05) is 30.3 Å². The minimum Gasteiger partial charge on any atom is -0.493 e. The largest absolute Gasteiger partial charge is 0.493 e. The highest BCUT2D eigenvalue weighted by Crippen LogP contribution is 2.38. The molecule has 0 fully saturated rings. The maximum Gasteiger partial charge on any atom is 0.449 e. The Morgan fingerprint density at radius 3 is 2.43 bits per heavy atom. The number of carbonyl (C=O) groups is 1. The van der Waals surface area contributed by atoms with Crippen LogP contribution in [0.3, 0.4) is 0 Å². The fourth-order valence-electron chi connectivity index (χ4n) is 3.41. The van der Waals surface area contributed by atoms with Gasteiger partial charge in [0.15, 0.2) is 5.69 Å². The number of nitrogens with zero attached hydrogens (tertiary/aromatic N) is 5. The Morgan fingerprint density at radius 2 is 1.73 bits per heavy atom. The summed E-state index contributed by atoms with van der Waals surface area (Å²) < 4.78 is 42.5. The SMILES string of the molecule is CCn1c(O)c(N=NC(=O)Cn2c(C(F)(F)F)nc3ccccc32)c2ccccc21. The third-order valence-electron chi connectivity index (χ3n) is 4.70. The molecule has 2 aromatic heterocycles. The summed E-state index contributed by atoms with van der Waals surface area (Å²) in [6.07, 6.45) is -4.73. The summed E-state index contributed by atoms with van der Waals surface area (Å²) in [6.45, 7) is 1.61. The van der Waals surface area contributed by atoms with E-state index < -0.39 is 24.5 Å². The normalized spacial score (nSPS) is 12.4. The van der Waals surface area contributed by atoms with E-state index in [0.717, 1.165) is 4.57 Å². The van der Waals surface area contributed by atoms with Gasteiger partial charge in [-0.3, -0.25) is 4.79 Å². The van der Waals surface area contributed by atoms with Crippen molar-refractivity contribution in [2.24, 2.45) is 10.2 Å². The Balaban J connectivity index is 1.70. The van der Waals surface area contributed by atoms with Gasteiger partial charge < -0.3 is 14.2 Å². The van der Waals surface area contributed by atoms with Crippen molar-refractivity contribution in [3.63, 3.8) is 0 Å². The third kappa shape index (κ3) is 3.30. The lowest BCUT2D eigenvalue weighted by atomic mass is 10.2. The smallest absolute Gasteiger partial charge is 0.449 e. The second-order valence-corrected chi connectivity index (χ2v) is 6.54. The average molecular weight is 415 g/mol. The molecule has 2 aromatic carbocycles. The molecule has 0 radical (unpaired) electrons. The van der Waals surface area contributed by atoms with Crippen LogP contribution in [-0.4, -0.2) is 25.1 Å². The van der Waals surface area contributed by atoms with Crippen LogP contribution in [0.25, 0.3) is 21.9 Å². The number of azo groups is 1. The number of aromatic hydroxyl groups is 1. The van der Waals surface area contributed by atoms with Gasteiger partial charge >= 0.3 is 6.18 Å². The molecule has 1 amide bonds.